The van der Waals surface area contributed by atoms with Crippen molar-refractivity contribution in [1.29, 1.82) is 0 Å². The summed E-state index contributed by atoms with van der Waals surface area (Å²) in [5, 5.41) is 3.25. The number of hydrogen-bond donors (Lipinski definition) is 1. The molecule has 1 N–H and O–H groups in total. The summed E-state index contributed by atoms with van der Waals surface area (Å²) in [7, 11) is 1.63. The van der Waals surface area contributed by atoms with Crippen LogP contribution >= 0.6 is 0 Å². The molecule has 0 bridgehead atoms. The number of rotatable bonds is 5. The highest BCUT2D eigenvalue weighted by Gasteiger charge is 2.30. The van der Waals surface area contributed by atoms with Crippen LogP contribution in [0, 0.1) is 0 Å². The average molecular weight is 350 g/mol. The second-order valence-electron chi connectivity index (χ2n) is 5.90. The number of ether oxygens (including phenoxy) is 2. The SMILES string of the molecule is CCOC(=O)C1=C(C)NC(c2ccc(OC)cc2)=NC1c1ccccc1. The normalized spacial score (nSPS) is 16.6. The van der Waals surface area contributed by atoms with Gasteiger partial charge in [-0.3, -0.25) is 4.99 Å². The summed E-state index contributed by atoms with van der Waals surface area (Å²) in [6, 6.07) is 17.0. The Morgan fingerprint density at radius 1 is 1.12 bits per heavy atom. The Kier molecular flexibility index (Phi) is 5.37. The number of carbonyl (C=O) groups excluding carboxylic acids is 1. The molecule has 2 aromatic rings. The van der Waals surface area contributed by atoms with Crippen LogP contribution in [0.3, 0.4) is 0 Å². The molecule has 0 saturated carbocycles. The number of hydrogen-bond acceptors (Lipinski definition) is 5. The molecule has 3 rings (SSSR count). The molecule has 26 heavy (non-hydrogen) atoms. The van der Waals surface area contributed by atoms with Crippen molar-refractivity contribution < 1.29 is 14.3 Å². The maximum absolute atomic E-state index is 12.5. The fourth-order valence-electron chi connectivity index (χ4n) is 2.92. The predicted octanol–water partition coefficient (Wildman–Crippen LogP) is 3.62. The lowest BCUT2D eigenvalue weighted by Crippen LogP contribution is -2.32. The summed E-state index contributed by atoms with van der Waals surface area (Å²) in [6.07, 6.45) is 0. The van der Waals surface area contributed by atoms with Crippen molar-refractivity contribution in [3.63, 3.8) is 0 Å². The minimum Gasteiger partial charge on any atom is -0.497 e. The second-order valence-corrected chi connectivity index (χ2v) is 5.90. The third kappa shape index (κ3) is 3.61. The van der Waals surface area contributed by atoms with E-state index in [1.165, 1.54) is 0 Å². The van der Waals surface area contributed by atoms with Gasteiger partial charge in [-0.25, -0.2) is 4.79 Å². The number of methoxy groups -OCH3 is 1. The zero-order chi connectivity index (χ0) is 18.5. The maximum atomic E-state index is 12.5. The average Bonchev–Trinajstić information content (AvgIpc) is 2.68. The minimum atomic E-state index is -0.409. The number of aliphatic imine (C=N–C) groups is 1. The third-order valence-corrected chi connectivity index (χ3v) is 4.22. The Balaban J connectivity index is 2.03. The molecule has 1 atom stereocenters. The van der Waals surface area contributed by atoms with E-state index in [-0.39, 0.29) is 5.97 Å². The lowest BCUT2D eigenvalue weighted by Gasteiger charge is -2.26. The smallest absolute Gasteiger partial charge is 0.338 e. The largest absolute Gasteiger partial charge is 0.497 e. The summed E-state index contributed by atoms with van der Waals surface area (Å²) in [5.74, 6) is 1.15. The fourth-order valence-corrected chi connectivity index (χ4v) is 2.92. The number of benzene rings is 2. The first kappa shape index (κ1) is 17.7. The molecule has 0 saturated heterocycles. The van der Waals surface area contributed by atoms with Crippen LogP contribution in [0.25, 0.3) is 0 Å². The lowest BCUT2D eigenvalue weighted by atomic mass is 9.95. The first-order valence-corrected chi connectivity index (χ1v) is 8.56. The van der Waals surface area contributed by atoms with E-state index < -0.39 is 6.04 Å². The first-order chi connectivity index (χ1) is 12.6. The Morgan fingerprint density at radius 3 is 2.42 bits per heavy atom. The highest BCUT2D eigenvalue weighted by atomic mass is 16.5. The van der Waals surface area contributed by atoms with Crippen molar-refractivity contribution in [3.05, 3.63) is 77.0 Å². The molecule has 0 radical (unpaired) electrons. The number of esters is 1. The van der Waals surface area contributed by atoms with Crippen LogP contribution in [0.15, 0.2) is 70.9 Å². The van der Waals surface area contributed by atoms with Gasteiger partial charge < -0.3 is 14.8 Å². The van der Waals surface area contributed by atoms with E-state index in [1.807, 2.05) is 61.5 Å². The van der Waals surface area contributed by atoms with Gasteiger partial charge in [-0.15, -0.1) is 0 Å². The zero-order valence-electron chi connectivity index (χ0n) is 15.2. The molecule has 1 unspecified atom stereocenters. The second kappa shape index (κ2) is 7.87. The van der Waals surface area contributed by atoms with Crippen molar-refractivity contribution >= 4 is 11.8 Å². The van der Waals surface area contributed by atoms with Gasteiger partial charge in [0.05, 0.1) is 19.3 Å². The monoisotopic (exact) mass is 350 g/mol. The Hall–Kier alpha value is -3.08. The van der Waals surface area contributed by atoms with Crippen molar-refractivity contribution in [2.45, 2.75) is 19.9 Å². The molecule has 1 aliphatic rings. The topological polar surface area (TPSA) is 59.9 Å². The van der Waals surface area contributed by atoms with E-state index in [1.54, 1.807) is 14.0 Å². The van der Waals surface area contributed by atoms with Crippen LogP contribution in [0.5, 0.6) is 5.75 Å². The molecule has 5 heteroatoms. The molecule has 2 aromatic carbocycles. The quantitative estimate of drug-likeness (QED) is 0.837. The van der Waals surface area contributed by atoms with Gasteiger partial charge in [0, 0.05) is 11.3 Å². The van der Waals surface area contributed by atoms with E-state index in [9.17, 15) is 4.79 Å². The summed E-state index contributed by atoms with van der Waals surface area (Å²) in [6.45, 7) is 4.00. The Morgan fingerprint density at radius 2 is 1.81 bits per heavy atom. The van der Waals surface area contributed by atoms with Crippen molar-refractivity contribution in [3.8, 4) is 5.75 Å². The molecular formula is C21H22N2O3. The summed E-state index contributed by atoms with van der Waals surface area (Å²) in [4.78, 5) is 17.3. The highest BCUT2D eigenvalue weighted by Crippen LogP contribution is 2.32. The van der Waals surface area contributed by atoms with E-state index in [0.29, 0.717) is 18.0 Å². The zero-order valence-corrected chi connectivity index (χ0v) is 15.2. The van der Waals surface area contributed by atoms with Gasteiger partial charge in [0.15, 0.2) is 0 Å². The van der Waals surface area contributed by atoms with Crippen LogP contribution < -0.4 is 10.1 Å². The van der Waals surface area contributed by atoms with Crippen molar-refractivity contribution in [2.75, 3.05) is 13.7 Å². The van der Waals surface area contributed by atoms with Crippen LogP contribution in [-0.2, 0) is 9.53 Å². The number of nitrogens with one attached hydrogen (secondary N) is 1. The molecule has 134 valence electrons. The van der Waals surface area contributed by atoms with Gasteiger partial charge in [0.1, 0.15) is 17.6 Å². The highest BCUT2D eigenvalue weighted by molar-refractivity contribution is 6.03. The van der Waals surface area contributed by atoms with E-state index in [4.69, 9.17) is 14.5 Å². The van der Waals surface area contributed by atoms with E-state index in [0.717, 1.165) is 22.6 Å². The van der Waals surface area contributed by atoms with Crippen LogP contribution in [0.1, 0.15) is 31.0 Å². The van der Waals surface area contributed by atoms with Gasteiger partial charge in [0.2, 0.25) is 0 Å². The van der Waals surface area contributed by atoms with Gasteiger partial charge in [-0.1, -0.05) is 30.3 Å². The van der Waals surface area contributed by atoms with Crippen LogP contribution in [-0.4, -0.2) is 25.5 Å². The summed E-state index contributed by atoms with van der Waals surface area (Å²) >= 11 is 0. The van der Waals surface area contributed by atoms with Crippen LogP contribution in [0.2, 0.25) is 0 Å². The number of nitrogens with zero attached hydrogens (tertiary/aromatic N) is 1. The summed E-state index contributed by atoms with van der Waals surface area (Å²) < 4.78 is 10.5. The van der Waals surface area contributed by atoms with Gasteiger partial charge >= 0.3 is 5.97 Å². The first-order valence-electron chi connectivity index (χ1n) is 8.56. The van der Waals surface area contributed by atoms with Gasteiger partial charge in [-0.2, -0.15) is 0 Å². The number of allylic oxidation sites excluding steroid dienone is 1. The summed E-state index contributed by atoms with van der Waals surface area (Å²) in [5.41, 5.74) is 3.16. The minimum absolute atomic E-state index is 0.326. The Bertz CT molecular complexity index is 839. The molecule has 0 aromatic heterocycles. The third-order valence-electron chi connectivity index (χ3n) is 4.22. The van der Waals surface area contributed by atoms with Gasteiger partial charge in [-0.05, 0) is 43.7 Å². The maximum Gasteiger partial charge on any atom is 0.338 e. The predicted molar refractivity (Wildman–Crippen MR) is 101 cm³/mol. The van der Waals surface area contributed by atoms with E-state index in [2.05, 4.69) is 5.32 Å². The molecule has 1 aliphatic heterocycles. The molecule has 0 aliphatic carbocycles. The van der Waals surface area contributed by atoms with E-state index >= 15 is 0 Å². The molecule has 0 fully saturated rings. The number of amidine groups is 1. The molecule has 0 amide bonds. The van der Waals surface area contributed by atoms with Crippen molar-refractivity contribution in [1.82, 2.24) is 5.32 Å². The molecule has 5 nitrogen and oxygen atoms in total. The lowest BCUT2D eigenvalue weighted by molar-refractivity contribution is -0.138. The number of carbonyl (C=O) groups is 1. The van der Waals surface area contributed by atoms with Gasteiger partial charge in [0.25, 0.3) is 0 Å². The van der Waals surface area contributed by atoms with Crippen LogP contribution in [0.4, 0.5) is 0 Å². The molecule has 0 spiro atoms. The molecule has 1 heterocycles. The Labute approximate surface area is 153 Å². The van der Waals surface area contributed by atoms with Crippen molar-refractivity contribution in [2.24, 2.45) is 4.99 Å². The fraction of sp³-hybridized carbons (Fsp3) is 0.238. The standard InChI is InChI=1S/C21H22N2O3/c1-4-26-21(24)18-14(2)22-20(16-10-12-17(25-3)13-11-16)23-19(18)15-8-6-5-7-9-15/h5-13,19H,4H2,1-3H3,(H,22,23). The molecular weight excluding hydrogens is 328 g/mol.